The van der Waals surface area contributed by atoms with Gasteiger partial charge in [-0.2, -0.15) is 4.98 Å². The van der Waals surface area contributed by atoms with Gasteiger partial charge >= 0.3 is 0 Å². The molecule has 0 bridgehead atoms. The van der Waals surface area contributed by atoms with Crippen LogP contribution in [-0.2, 0) is 10.8 Å². The van der Waals surface area contributed by atoms with E-state index in [0.717, 1.165) is 62.5 Å². The highest BCUT2D eigenvalue weighted by atomic mass is 35.5. The van der Waals surface area contributed by atoms with Crippen LogP contribution in [0, 0.1) is 0 Å². The lowest BCUT2D eigenvalue weighted by atomic mass is 9.77. The molecule has 0 amide bonds. The maximum atomic E-state index is 12.7. The Kier molecular flexibility index (Phi) is 5.77. The Morgan fingerprint density at radius 2 is 1.97 bits per heavy atom. The Hall–Kier alpha value is -2.30. The lowest BCUT2D eigenvalue weighted by Crippen LogP contribution is -2.49. The molecule has 32 heavy (non-hydrogen) atoms. The summed E-state index contributed by atoms with van der Waals surface area (Å²) in [4.78, 5) is 20.9. The van der Waals surface area contributed by atoms with Crippen molar-refractivity contribution in [2.45, 2.75) is 48.5 Å². The fraction of sp³-hybridized carbons (Fsp3) is 0.524. The first-order chi connectivity index (χ1) is 15.5. The summed E-state index contributed by atoms with van der Waals surface area (Å²) in [6.45, 7) is 1.60. The summed E-state index contributed by atoms with van der Waals surface area (Å²) in [5.41, 5.74) is 0.379. The number of nitrogens with zero attached hydrogens (tertiary/aromatic N) is 6. The number of piperidine rings is 1. The van der Waals surface area contributed by atoms with Crippen LogP contribution < -0.4 is 10.2 Å². The number of fused-ring (bicyclic) bond motifs is 1. The molecule has 1 atom stereocenters. The molecule has 9 nitrogen and oxygen atoms in total. The molecule has 2 N–H and O–H groups in total. The second-order valence-electron chi connectivity index (χ2n) is 8.63. The third-order valence-corrected chi connectivity index (χ3v) is 7.75. The Labute approximate surface area is 193 Å². The Morgan fingerprint density at radius 3 is 2.56 bits per heavy atom. The van der Waals surface area contributed by atoms with Crippen molar-refractivity contribution in [3.63, 3.8) is 0 Å². The summed E-state index contributed by atoms with van der Waals surface area (Å²) < 4.78 is 14.6. The number of hydrogen-bond acceptors (Lipinski definition) is 8. The third-order valence-electron chi connectivity index (χ3n) is 6.58. The van der Waals surface area contributed by atoms with E-state index < -0.39 is 16.3 Å². The van der Waals surface area contributed by atoms with Crippen LogP contribution >= 0.6 is 11.6 Å². The van der Waals surface area contributed by atoms with Crippen LogP contribution in [0.1, 0.15) is 43.8 Å². The second kappa shape index (κ2) is 8.57. The molecule has 3 aromatic rings. The van der Waals surface area contributed by atoms with E-state index in [1.807, 2.05) is 4.40 Å². The number of aliphatic hydroxyl groups excluding tert-OH is 1. The zero-order valence-corrected chi connectivity index (χ0v) is 19.4. The second-order valence-corrected chi connectivity index (χ2v) is 10.4. The minimum absolute atomic E-state index is 0.0245. The molecule has 170 valence electrons. The van der Waals surface area contributed by atoms with Crippen LogP contribution in [-0.4, -0.2) is 65.1 Å². The van der Waals surface area contributed by atoms with E-state index in [9.17, 15) is 9.32 Å². The van der Waals surface area contributed by atoms with Crippen LogP contribution in [0.3, 0.4) is 0 Å². The third kappa shape index (κ3) is 3.84. The van der Waals surface area contributed by atoms with Crippen molar-refractivity contribution in [1.82, 2.24) is 24.3 Å². The van der Waals surface area contributed by atoms with E-state index in [0.29, 0.717) is 15.7 Å². The summed E-state index contributed by atoms with van der Waals surface area (Å²) in [7, 11) is -1.27. The van der Waals surface area contributed by atoms with Crippen LogP contribution in [0.5, 0.6) is 0 Å². The van der Waals surface area contributed by atoms with E-state index in [-0.39, 0.29) is 12.5 Å². The maximum Gasteiger partial charge on any atom is 0.213 e. The van der Waals surface area contributed by atoms with Gasteiger partial charge in [0.2, 0.25) is 5.95 Å². The van der Waals surface area contributed by atoms with Crippen molar-refractivity contribution in [1.29, 1.82) is 0 Å². The number of aromatic nitrogens is 5. The highest BCUT2D eigenvalue weighted by Gasteiger charge is 2.38. The average Bonchev–Trinajstić information content (AvgIpc) is 3.25. The number of nitrogens with one attached hydrogen (secondary N) is 1. The molecule has 0 unspecified atom stereocenters. The summed E-state index contributed by atoms with van der Waals surface area (Å²) in [5.74, 6) is 2.43. The Morgan fingerprint density at radius 1 is 1.25 bits per heavy atom. The normalized spacial score (nSPS) is 19.7. The first kappa shape index (κ1) is 21.5. The van der Waals surface area contributed by atoms with Gasteiger partial charge in [0.25, 0.3) is 0 Å². The first-order valence-electron chi connectivity index (χ1n) is 10.8. The smallest absolute Gasteiger partial charge is 0.213 e. The van der Waals surface area contributed by atoms with E-state index in [1.165, 1.54) is 0 Å². The zero-order chi connectivity index (χ0) is 22.3. The Balaban J connectivity index is 1.46. The lowest BCUT2D eigenvalue weighted by molar-refractivity contribution is 0.143. The number of rotatable bonds is 6. The van der Waals surface area contributed by atoms with Crippen molar-refractivity contribution in [3.05, 3.63) is 35.8 Å². The molecule has 0 spiro atoms. The van der Waals surface area contributed by atoms with Gasteiger partial charge in [-0.1, -0.05) is 11.6 Å². The van der Waals surface area contributed by atoms with Gasteiger partial charge in [-0.15, -0.1) is 0 Å². The van der Waals surface area contributed by atoms with E-state index in [4.69, 9.17) is 16.6 Å². The van der Waals surface area contributed by atoms with E-state index in [1.54, 1.807) is 31.2 Å². The molecule has 1 saturated heterocycles. The molecule has 11 heteroatoms. The highest BCUT2D eigenvalue weighted by molar-refractivity contribution is 7.84. The van der Waals surface area contributed by atoms with Gasteiger partial charge in [-0.3, -0.25) is 8.61 Å². The molecule has 2 aliphatic rings. The lowest BCUT2D eigenvalue weighted by Gasteiger charge is -2.42. The fourth-order valence-corrected chi connectivity index (χ4v) is 5.50. The highest BCUT2D eigenvalue weighted by Crippen LogP contribution is 2.38. The van der Waals surface area contributed by atoms with Crippen LogP contribution in [0.2, 0.25) is 5.02 Å². The largest absolute Gasteiger partial charge is 0.394 e. The molecular formula is C21H26ClN7O2S. The van der Waals surface area contributed by atoms with Gasteiger partial charge in [0.15, 0.2) is 0 Å². The van der Waals surface area contributed by atoms with Crippen LogP contribution in [0.4, 0.5) is 11.8 Å². The van der Waals surface area contributed by atoms with Gasteiger partial charge in [-0.25, -0.2) is 15.0 Å². The monoisotopic (exact) mass is 475 g/mol. The Bertz CT molecular complexity index is 1140. The molecule has 1 aliphatic heterocycles. The fourth-order valence-electron chi connectivity index (χ4n) is 4.59. The van der Waals surface area contributed by atoms with Crippen molar-refractivity contribution in [3.8, 4) is 0 Å². The number of anilines is 2. The van der Waals surface area contributed by atoms with Gasteiger partial charge in [-0.05, 0) is 32.1 Å². The molecule has 1 aliphatic carbocycles. The quantitative estimate of drug-likeness (QED) is 0.560. The molecule has 1 saturated carbocycles. The van der Waals surface area contributed by atoms with Crippen molar-refractivity contribution in [2.75, 3.05) is 36.2 Å². The number of hydrogen-bond donors (Lipinski definition) is 2. The number of aliphatic hydroxyl groups is 1. The minimum Gasteiger partial charge on any atom is -0.394 e. The molecule has 2 fully saturated rings. The molecule has 5 rings (SSSR count). The standard InChI is InChI=1S/C21H26ClN7O2S/c1-32(31)17-16-11-23-13-29(16)20(26-19(17)27-21(12-30)5-2-6-21)28-7-3-14(4-8-28)18-24-9-15(22)10-25-18/h9-11,13-14,27,30H,2-8,12H2,1H3/t32-/m0/s1. The van der Waals surface area contributed by atoms with Gasteiger partial charge in [0.1, 0.15) is 22.9 Å². The molecule has 3 aromatic heterocycles. The van der Waals surface area contributed by atoms with E-state index >= 15 is 0 Å². The predicted octanol–water partition coefficient (Wildman–Crippen LogP) is 2.62. The van der Waals surface area contributed by atoms with Crippen molar-refractivity contribution < 1.29 is 9.32 Å². The van der Waals surface area contributed by atoms with Gasteiger partial charge < -0.3 is 15.3 Å². The number of halogens is 1. The van der Waals surface area contributed by atoms with Gasteiger partial charge in [0.05, 0.1) is 39.7 Å². The molecule has 4 heterocycles. The zero-order valence-electron chi connectivity index (χ0n) is 17.9. The first-order valence-corrected chi connectivity index (χ1v) is 12.7. The van der Waals surface area contributed by atoms with Crippen molar-refractivity contribution in [2.24, 2.45) is 0 Å². The summed E-state index contributed by atoms with van der Waals surface area (Å²) in [6, 6.07) is 0. The summed E-state index contributed by atoms with van der Waals surface area (Å²) in [5, 5.41) is 13.9. The van der Waals surface area contributed by atoms with Crippen LogP contribution in [0.15, 0.2) is 29.8 Å². The minimum atomic E-state index is -1.27. The average molecular weight is 476 g/mol. The van der Waals surface area contributed by atoms with Crippen molar-refractivity contribution >= 4 is 39.7 Å². The molecular weight excluding hydrogens is 450 g/mol. The topological polar surface area (TPSA) is 109 Å². The SMILES string of the molecule is C[S@](=O)c1c(NC2(CO)CCC2)nc(N2CCC(c3ncc(Cl)cn3)CC2)n2cncc12. The van der Waals surface area contributed by atoms with E-state index in [2.05, 4.69) is 25.2 Å². The maximum absolute atomic E-state index is 12.7. The number of imidazole rings is 1. The van der Waals surface area contributed by atoms with Gasteiger partial charge in [0, 0.05) is 37.7 Å². The molecule has 0 radical (unpaired) electrons. The predicted molar refractivity (Wildman–Crippen MR) is 124 cm³/mol. The summed E-state index contributed by atoms with van der Waals surface area (Å²) in [6.07, 6.45) is 13.0. The molecule has 0 aromatic carbocycles. The summed E-state index contributed by atoms with van der Waals surface area (Å²) >= 11 is 5.93. The van der Waals surface area contributed by atoms with Crippen LogP contribution in [0.25, 0.3) is 5.52 Å².